The Morgan fingerprint density at radius 3 is 2.64 bits per heavy atom. The molecule has 0 saturated heterocycles. The summed E-state index contributed by atoms with van der Waals surface area (Å²) in [5.41, 5.74) is 2.46. The van der Waals surface area contributed by atoms with Crippen LogP contribution in [0.25, 0.3) is 0 Å². The van der Waals surface area contributed by atoms with E-state index >= 15 is 0 Å². The van der Waals surface area contributed by atoms with Gasteiger partial charge in [-0.3, -0.25) is 5.43 Å². The van der Waals surface area contributed by atoms with Crippen LogP contribution in [0.5, 0.6) is 0 Å². The highest BCUT2D eigenvalue weighted by Crippen LogP contribution is 2.08. The Morgan fingerprint density at radius 2 is 2.07 bits per heavy atom. The smallest absolute Gasteiger partial charge is 0.237 e. The molecule has 0 atom stereocenters. The van der Waals surface area contributed by atoms with Crippen LogP contribution >= 0.6 is 0 Å². The average Bonchev–Trinajstić information content (AvgIpc) is 2.19. The fourth-order valence-corrected chi connectivity index (χ4v) is 0.753. The predicted octanol–water partition coefficient (Wildman–Crippen LogP) is 1.64. The number of anilines is 1. The maximum atomic E-state index is 12.6. The van der Waals surface area contributed by atoms with Crippen LogP contribution in [0.4, 0.5) is 10.1 Å². The molecule has 1 rings (SSSR count). The van der Waals surface area contributed by atoms with Crippen molar-refractivity contribution in [3.8, 4) is 12.1 Å². The molecule has 1 aromatic carbocycles. The molecule has 0 fully saturated rings. The van der Waals surface area contributed by atoms with Crippen molar-refractivity contribution in [2.24, 2.45) is 5.10 Å². The van der Waals surface area contributed by atoms with Gasteiger partial charge in [0.2, 0.25) is 5.71 Å². The van der Waals surface area contributed by atoms with Gasteiger partial charge in [-0.25, -0.2) is 4.39 Å². The molecule has 0 bridgehead atoms. The monoisotopic (exact) mass is 188 g/mol. The van der Waals surface area contributed by atoms with Crippen molar-refractivity contribution >= 4 is 11.4 Å². The third kappa shape index (κ3) is 2.58. The van der Waals surface area contributed by atoms with Crippen LogP contribution in [0.15, 0.2) is 29.4 Å². The molecule has 1 N–H and O–H groups in total. The fraction of sp³-hybridized carbons (Fsp3) is 0. The van der Waals surface area contributed by atoms with Gasteiger partial charge >= 0.3 is 0 Å². The SMILES string of the molecule is N#CC(C#N)=NNc1cccc(F)c1. The predicted molar refractivity (Wildman–Crippen MR) is 48.7 cm³/mol. The maximum absolute atomic E-state index is 12.6. The van der Waals surface area contributed by atoms with E-state index in [1.807, 2.05) is 0 Å². The highest BCUT2D eigenvalue weighted by atomic mass is 19.1. The number of hydrogen-bond donors (Lipinski definition) is 1. The van der Waals surface area contributed by atoms with Gasteiger partial charge in [0.05, 0.1) is 5.69 Å². The van der Waals surface area contributed by atoms with Gasteiger partial charge in [0.1, 0.15) is 18.0 Å². The van der Waals surface area contributed by atoms with E-state index in [0.29, 0.717) is 5.69 Å². The summed E-state index contributed by atoms with van der Waals surface area (Å²) in [7, 11) is 0. The number of hydrogen-bond acceptors (Lipinski definition) is 4. The minimum Gasteiger partial charge on any atom is -0.276 e. The van der Waals surface area contributed by atoms with Crippen molar-refractivity contribution in [2.75, 3.05) is 5.43 Å². The van der Waals surface area contributed by atoms with Crippen molar-refractivity contribution < 1.29 is 4.39 Å². The van der Waals surface area contributed by atoms with E-state index < -0.39 is 5.82 Å². The second-order valence-electron chi connectivity index (χ2n) is 2.31. The first-order valence-corrected chi connectivity index (χ1v) is 3.65. The molecular weight excluding hydrogens is 183 g/mol. The summed E-state index contributed by atoms with van der Waals surface area (Å²) in [5, 5.41) is 20.1. The zero-order valence-electron chi connectivity index (χ0n) is 7.03. The first-order valence-electron chi connectivity index (χ1n) is 3.65. The summed E-state index contributed by atoms with van der Waals surface area (Å²) in [6.07, 6.45) is 0. The number of hydrazone groups is 1. The third-order valence-corrected chi connectivity index (χ3v) is 1.33. The second-order valence-corrected chi connectivity index (χ2v) is 2.31. The number of nitriles is 2. The van der Waals surface area contributed by atoms with Crippen molar-refractivity contribution in [2.45, 2.75) is 0 Å². The summed E-state index contributed by atoms with van der Waals surface area (Å²) >= 11 is 0. The molecule has 0 radical (unpaired) electrons. The quantitative estimate of drug-likeness (QED) is 0.566. The van der Waals surface area contributed by atoms with E-state index in [1.165, 1.54) is 18.2 Å². The number of benzene rings is 1. The molecule has 14 heavy (non-hydrogen) atoms. The van der Waals surface area contributed by atoms with Gasteiger partial charge < -0.3 is 0 Å². The number of nitrogens with zero attached hydrogens (tertiary/aromatic N) is 3. The molecule has 0 amide bonds. The Labute approximate surface area is 79.9 Å². The molecule has 1 aromatic rings. The maximum Gasteiger partial charge on any atom is 0.237 e. The molecule has 0 spiro atoms. The van der Waals surface area contributed by atoms with Crippen LogP contribution in [0, 0.1) is 28.5 Å². The molecular formula is C9H5FN4. The normalized spacial score (nSPS) is 8.21. The Kier molecular flexibility index (Phi) is 3.17. The lowest BCUT2D eigenvalue weighted by atomic mass is 10.3. The Hall–Kier alpha value is -2.40. The van der Waals surface area contributed by atoms with Gasteiger partial charge in [0.15, 0.2) is 0 Å². The zero-order valence-corrected chi connectivity index (χ0v) is 7.03. The summed E-state index contributed by atoms with van der Waals surface area (Å²) in [5.74, 6) is -0.416. The van der Waals surface area contributed by atoms with E-state index in [4.69, 9.17) is 10.5 Å². The Balaban J connectivity index is 2.77. The second kappa shape index (κ2) is 4.58. The van der Waals surface area contributed by atoms with Gasteiger partial charge in [0, 0.05) is 0 Å². The molecule has 0 aliphatic carbocycles. The summed E-state index contributed by atoms with van der Waals surface area (Å²) in [4.78, 5) is 0. The number of halogens is 1. The van der Waals surface area contributed by atoms with E-state index in [0.717, 1.165) is 0 Å². The molecule has 4 nitrogen and oxygen atoms in total. The fourth-order valence-electron chi connectivity index (χ4n) is 0.753. The van der Waals surface area contributed by atoms with E-state index in [2.05, 4.69) is 10.5 Å². The van der Waals surface area contributed by atoms with Gasteiger partial charge in [-0.15, -0.1) is 0 Å². The largest absolute Gasteiger partial charge is 0.276 e. The van der Waals surface area contributed by atoms with Gasteiger partial charge in [-0.05, 0) is 18.2 Å². The van der Waals surface area contributed by atoms with Crippen LogP contribution in [0.3, 0.4) is 0 Å². The Bertz CT molecular complexity index is 423. The molecule has 0 unspecified atom stereocenters. The van der Waals surface area contributed by atoms with E-state index in [9.17, 15) is 4.39 Å². The van der Waals surface area contributed by atoms with Crippen molar-refractivity contribution in [1.29, 1.82) is 10.5 Å². The first-order chi connectivity index (χ1) is 6.76. The molecule has 0 heterocycles. The minimum atomic E-state index is -0.416. The molecule has 68 valence electrons. The van der Waals surface area contributed by atoms with Crippen molar-refractivity contribution in [1.82, 2.24) is 0 Å². The van der Waals surface area contributed by atoms with Crippen LogP contribution in [0.2, 0.25) is 0 Å². The number of rotatable bonds is 2. The number of nitrogens with one attached hydrogen (secondary N) is 1. The highest BCUT2D eigenvalue weighted by molar-refractivity contribution is 6.10. The van der Waals surface area contributed by atoms with Gasteiger partial charge in [-0.2, -0.15) is 15.6 Å². The summed E-state index contributed by atoms with van der Waals surface area (Å²) in [6.45, 7) is 0. The lowest BCUT2D eigenvalue weighted by Crippen LogP contribution is -1.96. The molecule has 0 aliphatic heterocycles. The van der Waals surface area contributed by atoms with Crippen molar-refractivity contribution in [3.63, 3.8) is 0 Å². The average molecular weight is 188 g/mol. The lowest BCUT2D eigenvalue weighted by Gasteiger charge is -1.98. The highest BCUT2D eigenvalue weighted by Gasteiger charge is 1.95. The first kappa shape index (κ1) is 9.69. The van der Waals surface area contributed by atoms with Crippen LogP contribution < -0.4 is 5.43 Å². The van der Waals surface area contributed by atoms with E-state index in [1.54, 1.807) is 18.2 Å². The van der Waals surface area contributed by atoms with E-state index in [-0.39, 0.29) is 5.71 Å². The zero-order chi connectivity index (χ0) is 10.4. The molecule has 0 saturated carbocycles. The van der Waals surface area contributed by atoms with Crippen LogP contribution in [-0.4, -0.2) is 5.71 Å². The molecule has 5 heteroatoms. The Morgan fingerprint density at radius 1 is 1.36 bits per heavy atom. The molecule has 0 aromatic heterocycles. The van der Waals surface area contributed by atoms with Gasteiger partial charge in [-0.1, -0.05) is 6.07 Å². The van der Waals surface area contributed by atoms with Gasteiger partial charge in [0.25, 0.3) is 0 Å². The summed E-state index contributed by atoms with van der Waals surface area (Å²) < 4.78 is 12.6. The lowest BCUT2D eigenvalue weighted by molar-refractivity contribution is 0.628. The molecule has 0 aliphatic rings. The minimum absolute atomic E-state index is 0.311. The van der Waals surface area contributed by atoms with Crippen LogP contribution in [0.1, 0.15) is 0 Å². The van der Waals surface area contributed by atoms with Crippen molar-refractivity contribution in [3.05, 3.63) is 30.1 Å². The topological polar surface area (TPSA) is 72.0 Å². The standard InChI is InChI=1S/C9H5FN4/c10-7-2-1-3-8(4-7)13-14-9(5-11)6-12/h1-4,13H. The summed E-state index contributed by atoms with van der Waals surface area (Å²) in [6, 6.07) is 8.68. The third-order valence-electron chi connectivity index (χ3n) is 1.33. The van der Waals surface area contributed by atoms with Crippen LogP contribution in [-0.2, 0) is 0 Å².